The summed E-state index contributed by atoms with van der Waals surface area (Å²) in [5.41, 5.74) is 0.466. The second kappa shape index (κ2) is 6.48. The standard InChI is InChI=1S/C17H26N2O2/c1-12-11-13(9-10-18-12)16(20)19-14-7-5-6-8-15(14)21-17(2,3)4/h5-8,12-13,18H,9-11H2,1-4H3,(H,19,20)/t12-,13-/m0/s1. The summed E-state index contributed by atoms with van der Waals surface area (Å²) in [6.45, 7) is 9.02. The molecule has 1 aromatic rings. The number of carbonyl (C=O) groups excluding carboxylic acids is 1. The van der Waals surface area contributed by atoms with Crippen molar-refractivity contribution >= 4 is 11.6 Å². The molecule has 0 aromatic heterocycles. The summed E-state index contributed by atoms with van der Waals surface area (Å²) >= 11 is 0. The highest BCUT2D eigenvalue weighted by molar-refractivity contribution is 5.94. The van der Waals surface area contributed by atoms with E-state index in [0.29, 0.717) is 6.04 Å². The average Bonchev–Trinajstić information content (AvgIpc) is 2.39. The second-order valence-electron chi connectivity index (χ2n) is 6.78. The number of piperidine rings is 1. The van der Waals surface area contributed by atoms with Gasteiger partial charge in [0, 0.05) is 12.0 Å². The molecule has 1 amide bonds. The molecule has 0 saturated carbocycles. The molecule has 0 unspecified atom stereocenters. The maximum atomic E-state index is 12.4. The molecule has 21 heavy (non-hydrogen) atoms. The minimum atomic E-state index is -0.288. The normalized spacial score (nSPS) is 22.7. The summed E-state index contributed by atoms with van der Waals surface area (Å²) < 4.78 is 5.92. The zero-order valence-electron chi connectivity index (χ0n) is 13.4. The average molecular weight is 290 g/mol. The van der Waals surface area contributed by atoms with Gasteiger partial charge in [0.05, 0.1) is 5.69 Å². The fourth-order valence-electron chi connectivity index (χ4n) is 2.59. The number of anilines is 1. The van der Waals surface area contributed by atoms with Gasteiger partial charge in [-0.1, -0.05) is 12.1 Å². The summed E-state index contributed by atoms with van der Waals surface area (Å²) in [4.78, 5) is 12.4. The molecule has 0 aliphatic carbocycles. The monoisotopic (exact) mass is 290 g/mol. The Morgan fingerprint density at radius 2 is 2.05 bits per heavy atom. The first kappa shape index (κ1) is 15.8. The minimum Gasteiger partial charge on any atom is -0.486 e. The van der Waals surface area contributed by atoms with E-state index < -0.39 is 0 Å². The molecule has 1 aliphatic heterocycles. The smallest absolute Gasteiger partial charge is 0.227 e. The number of rotatable bonds is 3. The van der Waals surface area contributed by atoms with E-state index in [0.717, 1.165) is 30.8 Å². The number of ether oxygens (including phenoxy) is 1. The van der Waals surface area contributed by atoms with Crippen LogP contribution in [0.3, 0.4) is 0 Å². The molecular weight excluding hydrogens is 264 g/mol. The first-order chi connectivity index (χ1) is 9.85. The predicted octanol–water partition coefficient (Wildman–Crippen LogP) is 3.19. The Bertz CT molecular complexity index is 494. The van der Waals surface area contributed by atoms with E-state index in [1.165, 1.54) is 0 Å². The maximum absolute atomic E-state index is 12.4. The van der Waals surface area contributed by atoms with Gasteiger partial charge in [0.2, 0.25) is 5.91 Å². The third-order valence-corrected chi connectivity index (χ3v) is 3.56. The summed E-state index contributed by atoms with van der Waals surface area (Å²) in [6.07, 6.45) is 1.77. The lowest BCUT2D eigenvalue weighted by atomic mass is 9.92. The van der Waals surface area contributed by atoms with Crippen LogP contribution >= 0.6 is 0 Å². The van der Waals surface area contributed by atoms with Crippen LogP contribution in [0.2, 0.25) is 0 Å². The zero-order chi connectivity index (χ0) is 15.5. The van der Waals surface area contributed by atoms with Gasteiger partial charge in [0.15, 0.2) is 0 Å². The predicted molar refractivity (Wildman–Crippen MR) is 85.6 cm³/mol. The number of nitrogens with one attached hydrogen (secondary N) is 2. The van der Waals surface area contributed by atoms with Gasteiger partial charge < -0.3 is 15.4 Å². The van der Waals surface area contributed by atoms with E-state index in [1.54, 1.807) is 0 Å². The third-order valence-electron chi connectivity index (χ3n) is 3.56. The molecule has 116 valence electrons. The van der Waals surface area contributed by atoms with Gasteiger partial charge in [0.1, 0.15) is 11.4 Å². The van der Waals surface area contributed by atoms with Gasteiger partial charge >= 0.3 is 0 Å². The SMILES string of the molecule is C[C@H]1C[C@@H](C(=O)Nc2ccccc2OC(C)(C)C)CCN1. The number of para-hydroxylation sites is 2. The van der Waals surface area contributed by atoms with Crippen molar-refractivity contribution in [2.45, 2.75) is 52.2 Å². The van der Waals surface area contributed by atoms with Crippen LogP contribution < -0.4 is 15.4 Å². The summed E-state index contributed by atoms with van der Waals surface area (Å²) in [6, 6.07) is 8.02. The van der Waals surface area contributed by atoms with Crippen molar-refractivity contribution < 1.29 is 9.53 Å². The molecule has 0 bridgehead atoms. The van der Waals surface area contributed by atoms with Crippen molar-refractivity contribution in [3.63, 3.8) is 0 Å². The van der Waals surface area contributed by atoms with Crippen LogP contribution in [0.1, 0.15) is 40.5 Å². The molecule has 1 aromatic carbocycles. The Kier molecular flexibility index (Phi) is 4.88. The van der Waals surface area contributed by atoms with Gasteiger partial charge in [-0.25, -0.2) is 0 Å². The van der Waals surface area contributed by atoms with Crippen LogP contribution in [0.15, 0.2) is 24.3 Å². The highest BCUT2D eigenvalue weighted by Crippen LogP contribution is 2.29. The molecule has 4 heteroatoms. The van der Waals surface area contributed by atoms with Crippen molar-refractivity contribution in [3.8, 4) is 5.75 Å². The van der Waals surface area contributed by atoms with E-state index >= 15 is 0 Å². The molecule has 1 aliphatic rings. The molecule has 2 N–H and O–H groups in total. The molecule has 0 radical (unpaired) electrons. The summed E-state index contributed by atoms with van der Waals surface area (Å²) in [7, 11) is 0. The molecule has 1 heterocycles. The maximum Gasteiger partial charge on any atom is 0.227 e. The summed E-state index contributed by atoms with van der Waals surface area (Å²) in [5, 5.41) is 6.40. The lowest BCUT2D eigenvalue weighted by molar-refractivity contribution is -0.120. The molecule has 4 nitrogen and oxygen atoms in total. The van der Waals surface area contributed by atoms with E-state index in [4.69, 9.17) is 4.74 Å². The lowest BCUT2D eigenvalue weighted by Gasteiger charge is -2.28. The molecule has 1 fully saturated rings. The first-order valence-corrected chi connectivity index (χ1v) is 7.67. The Labute approximate surface area is 127 Å². The van der Waals surface area contributed by atoms with Crippen molar-refractivity contribution in [3.05, 3.63) is 24.3 Å². The van der Waals surface area contributed by atoms with Crippen LogP contribution in [0, 0.1) is 5.92 Å². The van der Waals surface area contributed by atoms with Gasteiger partial charge in [-0.3, -0.25) is 4.79 Å². The number of hydrogen-bond acceptors (Lipinski definition) is 3. The highest BCUT2D eigenvalue weighted by Gasteiger charge is 2.25. The Morgan fingerprint density at radius 3 is 2.71 bits per heavy atom. The van der Waals surface area contributed by atoms with E-state index in [1.807, 2.05) is 45.0 Å². The number of benzene rings is 1. The molecule has 0 spiro atoms. The topological polar surface area (TPSA) is 50.4 Å². The van der Waals surface area contributed by atoms with Crippen molar-refractivity contribution in [1.82, 2.24) is 5.32 Å². The largest absolute Gasteiger partial charge is 0.486 e. The number of carbonyl (C=O) groups is 1. The quantitative estimate of drug-likeness (QED) is 0.899. The van der Waals surface area contributed by atoms with Crippen LogP contribution in [0.4, 0.5) is 5.69 Å². The third kappa shape index (κ3) is 4.74. The van der Waals surface area contributed by atoms with Gasteiger partial charge in [-0.05, 0) is 59.2 Å². The van der Waals surface area contributed by atoms with Crippen LogP contribution in [-0.4, -0.2) is 24.1 Å². The lowest BCUT2D eigenvalue weighted by Crippen LogP contribution is -2.40. The zero-order valence-corrected chi connectivity index (χ0v) is 13.4. The van der Waals surface area contributed by atoms with Crippen molar-refractivity contribution in [2.24, 2.45) is 5.92 Å². The summed E-state index contributed by atoms with van der Waals surface area (Å²) in [5.74, 6) is 0.887. The van der Waals surface area contributed by atoms with Crippen molar-refractivity contribution in [1.29, 1.82) is 0 Å². The number of amides is 1. The Morgan fingerprint density at radius 1 is 1.33 bits per heavy atom. The van der Waals surface area contributed by atoms with E-state index in [-0.39, 0.29) is 17.4 Å². The highest BCUT2D eigenvalue weighted by atomic mass is 16.5. The first-order valence-electron chi connectivity index (χ1n) is 7.67. The van der Waals surface area contributed by atoms with Gasteiger partial charge in [0.25, 0.3) is 0 Å². The fraction of sp³-hybridized carbons (Fsp3) is 0.588. The molecule has 2 rings (SSSR count). The minimum absolute atomic E-state index is 0.0731. The Hall–Kier alpha value is -1.55. The van der Waals surface area contributed by atoms with Gasteiger partial charge in [-0.2, -0.15) is 0 Å². The van der Waals surface area contributed by atoms with E-state index in [9.17, 15) is 4.79 Å². The second-order valence-corrected chi connectivity index (χ2v) is 6.78. The van der Waals surface area contributed by atoms with Crippen LogP contribution in [0.25, 0.3) is 0 Å². The number of hydrogen-bond donors (Lipinski definition) is 2. The van der Waals surface area contributed by atoms with Crippen LogP contribution in [0.5, 0.6) is 5.75 Å². The Balaban J connectivity index is 2.07. The van der Waals surface area contributed by atoms with E-state index in [2.05, 4.69) is 17.6 Å². The van der Waals surface area contributed by atoms with Gasteiger partial charge in [-0.15, -0.1) is 0 Å². The van der Waals surface area contributed by atoms with Crippen LogP contribution in [-0.2, 0) is 4.79 Å². The van der Waals surface area contributed by atoms with Crippen molar-refractivity contribution in [2.75, 3.05) is 11.9 Å². The molecule has 1 saturated heterocycles. The molecule has 2 atom stereocenters. The fourth-order valence-corrected chi connectivity index (χ4v) is 2.59. The molecular formula is C17H26N2O2.